The number of benzene rings is 1. The summed E-state index contributed by atoms with van der Waals surface area (Å²) in [6, 6.07) is 10.2. The molecule has 0 radical (unpaired) electrons. The predicted octanol–water partition coefficient (Wildman–Crippen LogP) is 4.29. The number of pyridine rings is 1. The number of carbonyl (C=O) groups excluding carboxylic acids is 1. The molecule has 1 fully saturated rings. The molecule has 0 bridgehead atoms. The van der Waals surface area contributed by atoms with Crippen LogP contribution < -0.4 is 10.2 Å². The van der Waals surface area contributed by atoms with E-state index in [4.69, 9.17) is 0 Å². The molecule has 0 atom stereocenters. The summed E-state index contributed by atoms with van der Waals surface area (Å²) in [6.45, 7) is 2.11. The zero-order chi connectivity index (χ0) is 16.5. The Balaban J connectivity index is 1.51. The van der Waals surface area contributed by atoms with Crippen molar-refractivity contribution in [3.8, 4) is 0 Å². The van der Waals surface area contributed by atoms with Crippen LogP contribution in [0, 0.1) is 5.82 Å². The Morgan fingerprint density at radius 1 is 1.21 bits per heavy atom. The Kier molecular flexibility index (Phi) is 3.90. The second-order valence-electron chi connectivity index (χ2n) is 5.81. The number of rotatable bonds is 3. The van der Waals surface area contributed by atoms with E-state index in [0.29, 0.717) is 16.1 Å². The zero-order valence-electron chi connectivity index (χ0n) is 13.0. The molecular formula is C18H16FN3OS. The Labute approximate surface area is 142 Å². The minimum Gasteiger partial charge on any atom is -0.370 e. The first-order valence-electron chi connectivity index (χ1n) is 7.91. The maximum absolute atomic E-state index is 13.7. The van der Waals surface area contributed by atoms with Gasteiger partial charge in [0.25, 0.3) is 5.91 Å². The molecule has 1 amide bonds. The van der Waals surface area contributed by atoms with E-state index in [9.17, 15) is 9.18 Å². The summed E-state index contributed by atoms with van der Waals surface area (Å²) < 4.78 is 14.5. The third kappa shape index (κ3) is 2.85. The van der Waals surface area contributed by atoms with Crippen LogP contribution in [0.4, 0.5) is 15.9 Å². The molecule has 0 aliphatic carbocycles. The second kappa shape index (κ2) is 6.20. The third-order valence-corrected chi connectivity index (χ3v) is 5.29. The average molecular weight is 341 g/mol. The van der Waals surface area contributed by atoms with Crippen molar-refractivity contribution in [2.75, 3.05) is 23.3 Å². The molecule has 0 saturated carbocycles. The van der Waals surface area contributed by atoms with Gasteiger partial charge < -0.3 is 10.2 Å². The third-order valence-electron chi connectivity index (χ3n) is 4.19. The van der Waals surface area contributed by atoms with E-state index in [2.05, 4.69) is 15.2 Å². The average Bonchev–Trinajstić information content (AvgIpc) is 3.26. The maximum Gasteiger partial charge on any atom is 0.266 e. The number of carbonyl (C=O) groups is 1. The van der Waals surface area contributed by atoms with E-state index in [-0.39, 0.29) is 11.7 Å². The minimum atomic E-state index is -0.309. The van der Waals surface area contributed by atoms with E-state index < -0.39 is 0 Å². The first-order chi connectivity index (χ1) is 11.7. The fraction of sp³-hybridized carbons (Fsp3) is 0.222. The summed E-state index contributed by atoms with van der Waals surface area (Å²) in [5.41, 5.74) is 1.08. The molecule has 3 heterocycles. The summed E-state index contributed by atoms with van der Waals surface area (Å²) >= 11 is 1.27. The van der Waals surface area contributed by atoms with Gasteiger partial charge in [0.05, 0.1) is 16.8 Å². The molecular weight excluding hydrogens is 325 g/mol. The van der Waals surface area contributed by atoms with Gasteiger partial charge >= 0.3 is 0 Å². The van der Waals surface area contributed by atoms with Crippen LogP contribution in [0.3, 0.4) is 0 Å². The van der Waals surface area contributed by atoms with E-state index in [1.165, 1.54) is 30.2 Å². The van der Waals surface area contributed by atoms with Crippen molar-refractivity contribution in [1.29, 1.82) is 0 Å². The number of nitrogens with one attached hydrogen (secondary N) is 1. The van der Waals surface area contributed by atoms with Crippen LogP contribution >= 0.6 is 11.3 Å². The monoisotopic (exact) mass is 341 g/mol. The Hall–Kier alpha value is -2.47. The topological polar surface area (TPSA) is 45.2 Å². The molecule has 1 aromatic carbocycles. The van der Waals surface area contributed by atoms with E-state index in [1.54, 1.807) is 24.4 Å². The van der Waals surface area contributed by atoms with Crippen LogP contribution in [0.25, 0.3) is 10.1 Å². The summed E-state index contributed by atoms with van der Waals surface area (Å²) in [5.74, 6) is -0.0752. The predicted molar refractivity (Wildman–Crippen MR) is 95.4 cm³/mol. The van der Waals surface area contributed by atoms with Gasteiger partial charge in [-0.05, 0) is 43.2 Å². The van der Waals surface area contributed by atoms with Gasteiger partial charge in [0.1, 0.15) is 11.6 Å². The van der Waals surface area contributed by atoms with Gasteiger partial charge in [-0.3, -0.25) is 4.79 Å². The highest BCUT2D eigenvalue weighted by Gasteiger charge is 2.15. The molecule has 1 N–H and O–H groups in total. The fourth-order valence-electron chi connectivity index (χ4n) is 2.94. The van der Waals surface area contributed by atoms with Gasteiger partial charge in [-0.15, -0.1) is 11.3 Å². The Morgan fingerprint density at radius 2 is 2.04 bits per heavy atom. The molecule has 0 unspecified atom stereocenters. The minimum absolute atomic E-state index is 0.267. The van der Waals surface area contributed by atoms with Gasteiger partial charge in [0.2, 0.25) is 0 Å². The number of amides is 1. The quantitative estimate of drug-likeness (QED) is 0.773. The SMILES string of the molecule is O=C(Nc1ccc(N2CCCC2)cn1)c1cc2c(F)cccc2s1. The Bertz CT molecular complexity index is 885. The summed E-state index contributed by atoms with van der Waals surface area (Å²) in [6.07, 6.45) is 4.20. The molecule has 122 valence electrons. The number of nitrogens with zero attached hydrogens (tertiary/aromatic N) is 2. The van der Waals surface area contributed by atoms with Crippen LogP contribution in [-0.4, -0.2) is 24.0 Å². The molecule has 4 nitrogen and oxygen atoms in total. The Morgan fingerprint density at radius 3 is 2.75 bits per heavy atom. The number of hydrogen-bond donors (Lipinski definition) is 1. The first-order valence-corrected chi connectivity index (χ1v) is 8.73. The van der Waals surface area contributed by atoms with Gasteiger partial charge in [0, 0.05) is 23.2 Å². The van der Waals surface area contributed by atoms with Crippen LogP contribution in [0.1, 0.15) is 22.5 Å². The van der Waals surface area contributed by atoms with Crippen molar-refractivity contribution in [2.45, 2.75) is 12.8 Å². The lowest BCUT2D eigenvalue weighted by Gasteiger charge is -2.17. The van der Waals surface area contributed by atoms with Gasteiger partial charge in [0.15, 0.2) is 0 Å². The molecule has 4 rings (SSSR count). The van der Waals surface area contributed by atoms with E-state index >= 15 is 0 Å². The van der Waals surface area contributed by atoms with Gasteiger partial charge in [-0.1, -0.05) is 6.07 Å². The lowest BCUT2D eigenvalue weighted by atomic mass is 10.2. The maximum atomic E-state index is 13.7. The first kappa shape index (κ1) is 15.1. The number of fused-ring (bicyclic) bond motifs is 1. The number of anilines is 2. The fourth-order valence-corrected chi connectivity index (χ4v) is 3.91. The summed E-state index contributed by atoms with van der Waals surface area (Å²) in [7, 11) is 0. The molecule has 2 aromatic heterocycles. The molecule has 0 spiro atoms. The summed E-state index contributed by atoms with van der Waals surface area (Å²) in [4.78, 5) is 19.4. The van der Waals surface area contributed by atoms with Crippen molar-refractivity contribution in [3.05, 3.63) is 53.3 Å². The number of thiophene rings is 1. The smallest absolute Gasteiger partial charge is 0.266 e. The van der Waals surface area contributed by atoms with E-state index in [1.807, 2.05) is 12.1 Å². The summed E-state index contributed by atoms with van der Waals surface area (Å²) in [5, 5.41) is 3.25. The highest BCUT2D eigenvalue weighted by atomic mass is 32.1. The second-order valence-corrected chi connectivity index (χ2v) is 6.90. The van der Waals surface area contributed by atoms with Crippen molar-refractivity contribution in [1.82, 2.24) is 4.98 Å². The lowest BCUT2D eigenvalue weighted by Crippen LogP contribution is -2.18. The molecule has 24 heavy (non-hydrogen) atoms. The highest BCUT2D eigenvalue weighted by Crippen LogP contribution is 2.28. The van der Waals surface area contributed by atoms with Crippen LogP contribution in [0.15, 0.2) is 42.6 Å². The van der Waals surface area contributed by atoms with Crippen molar-refractivity contribution < 1.29 is 9.18 Å². The van der Waals surface area contributed by atoms with Crippen LogP contribution in [0.5, 0.6) is 0 Å². The van der Waals surface area contributed by atoms with Gasteiger partial charge in [-0.25, -0.2) is 9.37 Å². The number of halogens is 1. The number of aromatic nitrogens is 1. The molecule has 1 aliphatic rings. The number of hydrogen-bond acceptors (Lipinski definition) is 4. The molecule has 1 saturated heterocycles. The lowest BCUT2D eigenvalue weighted by molar-refractivity contribution is 0.103. The normalized spacial score (nSPS) is 14.3. The molecule has 1 aliphatic heterocycles. The standard InChI is InChI=1S/C18H16FN3OS/c19-14-4-3-5-15-13(14)10-16(24-15)18(23)21-17-7-6-12(11-20-17)22-8-1-2-9-22/h3-7,10-11H,1-2,8-9H2,(H,20,21,23). The van der Waals surface area contributed by atoms with E-state index in [0.717, 1.165) is 23.5 Å². The largest absolute Gasteiger partial charge is 0.370 e. The molecule has 6 heteroatoms. The van der Waals surface area contributed by atoms with Crippen molar-refractivity contribution in [2.24, 2.45) is 0 Å². The van der Waals surface area contributed by atoms with Crippen molar-refractivity contribution >= 4 is 38.8 Å². The zero-order valence-corrected chi connectivity index (χ0v) is 13.8. The van der Waals surface area contributed by atoms with Crippen molar-refractivity contribution in [3.63, 3.8) is 0 Å². The van der Waals surface area contributed by atoms with Crippen LogP contribution in [-0.2, 0) is 0 Å². The molecule has 3 aromatic rings. The van der Waals surface area contributed by atoms with Gasteiger partial charge in [-0.2, -0.15) is 0 Å². The van der Waals surface area contributed by atoms with Crippen LogP contribution in [0.2, 0.25) is 0 Å². The highest BCUT2D eigenvalue weighted by molar-refractivity contribution is 7.20.